The van der Waals surface area contributed by atoms with Gasteiger partial charge in [0, 0.05) is 6.42 Å². The lowest BCUT2D eigenvalue weighted by atomic mass is 10.3. The second-order valence-corrected chi connectivity index (χ2v) is 8.59. The molecule has 7 heteroatoms. The molecule has 2 nitrogen and oxygen atoms in total. The highest BCUT2D eigenvalue weighted by molar-refractivity contribution is 6.72. The van der Waals surface area contributed by atoms with Crippen LogP contribution in [0.1, 0.15) is 26.2 Å². The molecule has 0 spiro atoms. The molecule has 1 aliphatic rings. The van der Waals surface area contributed by atoms with Crippen LogP contribution >= 0.6 is 0 Å². The third-order valence-corrected chi connectivity index (χ3v) is 6.12. The molecule has 1 fully saturated rings. The van der Waals surface area contributed by atoms with Crippen molar-refractivity contribution in [3.63, 3.8) is 0 Å². The normalized spacial score (nSPS) is 31.0. The lowest BCUT2D eigenvalue weighted by Gasteiger charge is -2.33. The highest BCUT2D eigenvalue weighted by Crippen LogP contribution is 2.30. The second kappa shape index (κ2) is 7.42. The van der Waals surface area contributed by atoms with Crippen LogP contribution in [0.25, 0.3) is 0 Å². The van der Waals surface area contributed by atoms with Crippen molar-refractivity contribution in [2.45, 2.75) is 51.2 Å². The van der Waals surface area contributed by atoms with Gasteiger partial charge in [-0.25, -0.2) is 12.6 Å². The standard InChI is InChI=1S/C8H17FOSi.F2H2OSi/c1-3-6-11(2)7-4-5-8(9)10-11;1-4(2)3/h8H,3-7H2,1-2H3;3-4H. The van der Waals surface area contributed by atoms with E-state index in [9.17, 15) is 12.6 Å². The molecule has 0 saturated carbocycles. The molecule has 0 bridgehead atoms. The molecule has 0 aromatic heterocycles. The molecule has 2 unspecified atom stereocenters. The van der Waals surface area contributed by atoms with Crippen LogP contribution < -0.4 is 0 Å². The molecular formula is C8H19F3O2Si2. The zero-order chi connectivity index (χ0) is 11.9. The fourth-order valence-corrected chi connectivity index (χ4v) is 5.01. The van der Waals surface area contributed by atoms with Gasteiger partial charge in [0.05, 0.1) is 0 Å². The van der Waals surface area contributed by atoms with Crippen LogP contribution in [0.3, 0.4) is 0 Å². The molecule has 15 heavy (non-hydrogen) atoms. The van der Waals surface area contributed by atoms with Gasteiger partial charge >= 0.3 is 9.71 Å². The number of hydrogen-bond acceptors (Lipinski definition) is 2. The van der Waals surface area contributed by atoms with Crippen molar-refractivity contribution in [3.05, 3.63) is 0 Å². The first kappa shape index (κ1) is 15.1. The number of hydrogen-bond donors (Lipinski definition) is 1. The van der Waals surface area contributed by atoms with E-state index in [0.29, 0.717) is 6.42 Å². The van der Waals surface area contributed by atoms with Gasteiger partial charge in [-0.15, -0.1) is 0 Å². The van der Waals surface area contributed by atoms with Crippen LogP contribution in [-0.4, -0.2) is 29.2 Å². The summed E-state index contributed by atoms with van der Waals surface area (Å²) in [7, 11) is -5.71. The topological polar surface area (TPSA) is 29.5 Å². The highest BCUT2D eigenvalue weighted by atomic mass is 28.4. The van der Waals surface area contributed by atoms with E-state index in [2.05, 4.69) is 13.5 Å². The summed E-state index contributed by atoms with van der Waals surface area (Å²) >= 11 is 0. The Labute approximate surface area is 91.7 Å². The number of alkyl halides is 1. The van der Waals surface area contributed by atoms with Crippen molar-refractivity contribution in [2.24, 2.45) is 0 Å². The first-order valence-corrected chi connectivity index (χ1v) is 9.39. The van der Waals surface area contributed by atoms with Crippen molar-refractivity contribution in [3.8, 4) is 0 Å². The molecule has 0 aliphatic carbocycles. The van der Waals surface area contributed by atoms with Gasteiger partial charge < -0.3 is 9.22 Å². The molecule has 1 heterocycles. The smallest absolute Gasteiger partial charge is 0.389 e. The van der Waals surface area contributed by atoms with Gasteiger partial charge in [0.25, 0.3) is 0 Å². The van der Waals surface area contributed by atoms with Crippen molar-refractivity contribution in [2.75, 3.05) is 0 Å². The predicted octanol–water partition coefficient (Wildman–Crippen LogP) is 2.71. The maximum Gasteiger partial charge on any atom is 0.558 e. The fourth-order valence-electron chi connectivity index (χ4n) is 1.78. The van der Waals surface area contributed by atoms with Crippen LogP contribution in [-0.2, 0) is 4.43 Å². The Morgan fingerprint density at radius 1 is 1.53 bits per heavy atom. The molecule has 0 aromatic carbocycles. The molecule has 92 valence electrons. The van der Waals surface area contributed by atoms with Gasteiger partial charge in [-0.05, 0) is 25.1 Å². The average molecular weight is 260 g/mol. The van der Waals surface area contributed by atoms with Gasteiger partial charge in [-0.3, -0.25) is 0 Å². The minimum atomic E-state index is -4.14. The van der Waals surface area contributed by atoms with Crippen LogP contribution in [0.4, 0.5) is 12.6 Å². The molecule has 2 atom stereocenters. The monoisotopic (exact) mass is 260 g/mol. The SMILES string of the molecule is CCC[Si]1(C)CCCC(F)O1.O[SiH](F)F. The van der Waals surface area contributed by atoms with E-state index < -0.39 is 24.4 Å². The largest absolute Gasteiger partial charge is 0.558 e. The second-order valence-electron chi connectivity index (χ2n) is 3.90. The Balaban J connectivity index is 0.000000423. The molecule has 1 aliphatic heterocycles. The summed E-state index contributed by atoms with van der Waals surface area (Å²) in [4.78, 5) is 6.86. The Bertz CT molecular complexity index is 167. The maximum absolute atomic E-state index is 12.8. The summed E-state index contributed by atoms with van der Waals surface area (Å²) in [6, 6.07) is 2.27. The Morgan fingerprint density at radius 2 is 2.07 bits per heavy atom. The van der Waals surface area contributed by atoms with E-state index in [1.54, 1.807) is 0 Å². The number of rotatable bonds is 2. The maximum atomic E-state index is 12.8. The van der Waals surface area contributed by atoms with E-state index in [1.165, 1.54) is 0 Å². The Kier molecular flexibility index (Phi) is 7.49. The van der Waals surface area contributed by atoms with Crippen molar-refractivity contribution >= 4 is 18.0 Å². The Hall–Kier alpha value is 0.144. The first-order valence-electron chi connectivity index (χ1n) is 5.18. The Morgan fingerprint density at radius 3 is 2.47 bits per heavy atom. The molecule has 1 saturated heterocycles. The molecule has 1 rings (SSSR count). The van der Waals surface area contributed by atoms with Gasteiger partial charge in [-0.1, -0.05) is 13.3 Å². The summed E-state index contributed by atoms with van der Waals surface area (Å²) in [6.07, 6.45) is 1.83. The summed E-state index contributed by atoms with van der Waals surface area (Å²) in [5.74, 6) is 0. The summed E-state index contributed by atoms with van der Waals surface area (Å²) in [5.41, 5.74) is 0. The zero-order valence-corrected chi connectivity index (χ0v) is 11.3. The van der Waals surface area contributed by atoms with E-state index in [0.717, 1.165) is 24.9 Å². The lowest BCUT2D eigenvalue weighted by Crippen LogP contribution is -2.40. The molecule has 0 amide bonds. The van der Waals surface area contributed by atoms with Crippen molar-refractivity contribution in [1.82, 2.24) is 0 Å². The minimum absolute atomic E-state index is 0.617. The molecule has 0 radical (unpaired) electrons. The summed E-state index contributed by atoms with van der Waals surface area (Å²) < 4.78 is 38.3. The van der Waals surface area contributed by atoms with Gasteiger partial charge in [0.15, 0.2) is 14.7 Å². The summed E-state index contributed by atoms with van der Waals surface area (Å²) in [5, 5.41) is 0. The first-order chi connectivity index (χ1) is 6.89. The van der Waals surface area contributed by atoms with Crippen LogP contribution in [0.2, 0.25) is 18.6 Å². The zero-order valence-electron chi connectivity index (χ0n) is 9.18. The average Bonchev–Trinajstić information content (AvgIpc) is 2.01. The fraction of sp³-hybridized carbons (Fsp3) is 1.00. The minimum Gasteiger partial charge on any atom is -0.389 e. The van der Waals surface area contributed by atoms with E-state index in [-0.39, 0.29) is 0 Å². The van der Waals surface area contributed by atoms with Gasteiger partial charge in [-0.2, -0.15) is 0 Å². The molecular weight excluding hydrogens is 241 g/mol. The third-order valence-electron chi connectivity index (χ3n) is 2.33. The lowest BCUT2D eigenvalue weighted by molar-refractivity contribution is 0.0353. The molecule has 0 aromatic rings. The van der Waals surface area contributed by atoms with Gasteiger partial charge in [0.2, 0.25) is 0 Å². The highest BCUT2D eigenvalue weighted by Gasteiger charge is 2.34. The van der Waals surface area contributed by atoms with Crippen LogP contribution in [0.15, 0.2) is 0 Å². The predicted molar refractivity (Wildman–Crippen MR) is 58.3 cm³/mol. The van der Waals surface area contributed by atoms with Crippen molar-refractivity contribution < 1.29 is 21.8 Å². The van der Waals surface area contributed by atoms with Crippen LogP contribution in [0, 0.1) is 0 Å². The molecule has 1 N–H and O–H groups in total. The van der Waals surface area contributed by atoms with Crippen LogP contribution in [0.5, 0.6) is 0 Å². The third kappa shape index (κ3) is 8.00. The van der Waals surface area contributed by atoms with E-state index >= 15 is 0 Å². The van der Waals surface area contributed by atoms with E-state index in [1.807, 2.05) is 0 Å². The number of halogens is 3. The van der Waals surface area contributed by atoms with Gasteiger partial charge in [0.1, 0.15) is 0 Å². The van der Waals surface area contributed by atoms with Crippen molar-refractivity contribution in [1.29, 1.82) is 0 Å². The quantitative estimate of drug-likeness (QED) is 0.611. The van der Waals surface area contributed by atoms with E-state index in [4.69, 9.17) is 9.22 Å². The summed E-state index contributed by atoms with van der Waals surface area (Å²) in [6.45, 7) is 4.30.